The average Bonchev–Trinajstić information content (AvgIpc) is 3.61. The van der Waals surface area contributed by atoms with Crippen LogP contribution in [0.4, 0.5) is 26.5 Å². The second kappa shape index (κ2) is 19.0. The van der Waals surface area contributed by atoms with E-state index in [1.54, 1.807) is 61.7 Å². The second-order valence-electron chi connectivity index (χ2n) is 12.8. The average molecular weight is 804 g/mol. The van der Waals surface area contributed by atoms with Crippen LogP contribution in [0.1, 0.15) is 44.1 Å². The molecular formula is C39H42FN7O9S. The van der Waals surface area contributed by atoms with Crippen molar-refractivity contribution >= 4 is 56.7 Å². The first-order chi connectivity index (χ1) is 27.3. The number of unbranched alkanes of at least 4 members (excludes halogenated alkanes) is 2. The van der Waals surface area contributed by atoms with Crippen molar-refractivity contribution < 1.29 is 46.2 Å². The molecule has 4 N–H and O–H groups in total. The quantitative estimate of drug-likeness (QED) is 0.0637. The van der Waals surface area contributed by atoms with Gasteiger partial charge in [0.1, 0.15) is 18.1 Å². The number of carbonyl (C=O) groups is 4. The summed E-state index contributed by atoms with van der Waals surface area (Å²) in [4.78, 5) is 56.1. The van der Waals surface area contributed by atoms with Crippen molar-refractivity contribution in [2.45, 2.75) is 43.4 Å². The van der Waals surface area contributed by atoms with Crippen LogP contribution in [0.25, 0.3) is 16.8 Å². The highest BCUT2D eigenvalue weighted by molar-refractivity contribution is 7.90. The maximum absolute atomic E-state index is 13.6. The molecule has 1 unspecified atom stereocenters. The van der Waals surface area contributed by atoms with Crippen molar-refractivity contribution in [3.63, 3.8) is 0 Å². The Hall–Kier alpha value is -6.40. The Morgan fingerprint density at radius 3 is 2.33 bits per heavy atom. The van der Waals surface area contributed by atoms with E-state index < -0.39 is 41.2 Å². The highest BCUT2D eigenvalue weighted by atomic mass is 32.2. The second-order valence-corrected chi connectivity index (χ2v) is 14.8. The monoisotopic (exact) mass is 803 g/mol. The van der Waals surface area contributed by atoms with Gasteiger partial charge in [-0.3, -0.25) is 14.4 Å². The Bertz CT molecular complexity index is 2340. The Morgan fingerprint density at radius 2 is 1.65 bits per heavy atom. The number of rotatable bonds is 17. The first-order valence-electron chi connectivity index (χ1n) is 17.8. The van der Waals surface area contributed by atoms with Gasteiger partial charge in [-0.15, -0.1) is 5.10 Å². The van der Waals surface area contributed by atoms with E-state index in [4.69, 9.17) is 19.9 Å². The smallest absolute Gasteiger partial charge is 0.424 e. The maximum Gasteiger partial charge on any atom is 0.424 e. The van der Waals surface area contributed by atoms with Crippen LogP contribution in [-0.4, -0.2) is 80.1 Å². The molecule has 2 heterocycles. The number of benzene rings is 3. The van der Waals surface area contributed by atoms with Crippen molar-refractivity contribution in [1.29, 1.82) is 0 Å². The van der Waals surface area contributed by atoms with Gasteiger partial charge in [0.15, 0.2) is 15.5 Å². The first kappa shape index (κ1) is 41.8. The van der Waals surface area contributed by atoms with Crippen LogP contribution < -0.4 is 26.0 Å². The predicted octanol–water partition coefficient (Wildman–Crippen LogP) is 5.10. The van der Waals surface area contributed by atoms with Crippen molar-refractivity contribution in [2.75, 3.05) is 43.5 Å². The van der Waals surface area contributed by atoms with Gasteiger partial charge in [0.25, 0.3) is 5.95 Å². The Labute approximate surface area is 328 Å². The number of carbonyl (C=O) groups excluding carboxylic acids is 4. The number of anilines is 3. The number of pyridine rings is 1. The molecule has 0 aliphatic rings. The van der Waals surface area contributed by atoms with Crippen LogP contribution in [0, 0.1) is 5.82 Å². The summed E-state index contributed by atoms with van der Waals surface area (Å²) < 4.78 is 55.0. The molecule has 0 bridgehead atoms. The molecule has 3 aromatic carbocycles. The SMILES string of the molecule is COc1cc(S(C)(=O)=O)ccc1N(C(=O)OCOC(=O)CNC(=O)CCCCCN)c1nc2ccc(-c3ccc(NC(=O)C(C)c4ccc(F)cc4)cc3)cn2n1. The molecule has 300 valence electrons. The molecule has 0 spiro atoms. The summed E-state index contributed by atoms with van der Waals surface area (Å²) in [7, 11) is -2.37. The number of amides is 3. The molecule has 3 amide bonds. The molecule has 18 heteroatoms. The molecule has 0 saturated heterocycles. The van der Waals surface area contributed by atoms with Crippen LogP contribution in [0.5, 0.6) is 5.75 Å². The van der Waals surface area contributed by atoms with E-state index in [2.05, 4.69) is 20.7 Å². The van der Waals surface area contributed by atoms with Crippen molar-refractivity contribution in [3.8, 4) is 16.9 Å². The zero-order valence-corrected chi connectivity index (χ0v) is 32.3. The molecule has 0 saturated carbocycles. The highest BCUT2D eigenvalue weighted by Crippen LogP contribution is 2.35. The third-order valence-corrected chi connectivity index (χ3v) is 9.82. The van der Waals surface area contributed by atoms with Crippen LogP contribution in [0.3, 0.4) is 0 Å². The largest absolute Gasteiger partial charge is 0.495 e. The zero-order chi connectivity index (χ0) is 41.1. The first-order valence-corrected chi connectivity index (χ1v) is 19.7. The fraction of sp³-hybridized carbons (Fsp3) is 0.282. The lowest BCUT2D eigenvalue weighted by molar-refractivity contribution is -0.151. The molecule has 5 aromatic rings. The van der Waals surface area contributed by atoms with Gasteiger partial charge < -0.3 is 30.6 Å². The van der Waals surface area contributed by atoms with E-state index in [9.17, 15) is 32.0 Å². The van der Waals surface area contributed by atoms with Gasteiger partial charge in [0, 0.05) is 36.2 Å². The molecule has 1 atom stereocenters. The number of nitrogens with one attached hydrogen (secondary N) is 2. The number of nitrogens with zero attached hydrogens (tertiary/aromatic N) is 4. The van der Waals surface area contributed by atoms with Crippen LogP contribution in [0.2, 0.25) is 0 Å². The molecule has 16 nitrogen and oxygen atoms in total. The van der Waals surface area contributed by atoms with Gasteiger partial charge in [-0.05, 0) is 86.0 Å². The minimum Gasteiger partial charge on any atom is -0.495 e. The van der Waals surface area contributed by atoms with E-state index in [1.807, 2.05) is 0 Å². The summed E-state index contributed by atoms with van der Waals surface area (Å²) >= 11 is 0. The number of methoxy groups -OCH3 is 1. The number of fused-ring (bicyclic) bond motifs is 1. The predicted molar refractivity (Wildman–Crippen MR) is 208 cm³/mol. The summed E-state index contributed by atoms with van der Waals surface area (Å²) in [5.41, 5.74) is 8.49. The Kier molecular flexibility index (Phi) is 13.9. The standard InChI is InChI=1S/C39H42FN7O9S/c1-25(26-8-13-29(40)14-9-26)37(50)43-30-15-10-27(11-16-30)28-12-19-34-44-38(45-46(34)23-28)47(32-18-17-31(57(3,52)53)21-33(32)54-2)39(51)56-24-55-36(49)22-42-35(48)7-5-4-6-20-41/h8-19,21,23,25H,4-7,20,22,24,41H2,1-3H3,(H,42,48)(H,43,50). The van der Waals surface area contributed by atoms with Gasteiger partial charge in [-0.2, -0.15) is 4.98 Å². The highest BCUT2D eigenvalue weighted by Gasteiger charge is 2.29. The van der Waals surface area contributed by atoms with E-state index in [0.717, 1.165) is 29.6 Å². The topological polar surface area (TPSA) is 214 Å². The van der Waals surface area contributed by atoms with Crippen LogP contribution in [-0.2, 0) is 33.7 Å². The molecule has 0 aliphatic heterocycles. The summed E-state index contributed by atoms with van der Waals surface area (Å²) in [6.45, 7) is 0.984. The lowest BCUT2D eigenvalue weighted by atomic mass is 10.00. The summed E-state index contributed by atoms with van der Waals surface area (Å²) in [6, 6.07) is 20.1. The van der Waals surface area contributed by atoms with E-state index in [0.29, 0.717) is 35.4 Å². The normalized spacial score (nSPS) is 11.7. The lowest BCUT2D eigenvalue weighted by Crippen LogP contribution is -2.32. The van der Waals surface area contributed by atoms with Gasteiger partial charge in [-0.25, -0.2) is 27.0 Å². The fourth-order valence-corrected chi connectivity index (χ4v) is 6.16. The number of esters is 1. The number of ether oxygens (including phenoxy) is 3. The molecule has 2 aromatic heterocycles. The summed E-state index contributed by atoms with van der Waals surface area (Å²) in [5.74, 6) is -2.57. The van der Waals surface area contributed by atoms with Crippen LogP contribution in [0.15, 0.2) is 90.0 Å². The van der Waals surface area contributed by atoms with E-state index in [-0.39, 0.29) is 46.3 Å². The number of hydrogen-bond donors (Lipinski definition) is 3. The van der Waals surface area contributed by atoms with Crippen LogP contribution >= 0.6 is 0 Å². The van der Waals surface area contributed by atoms with Gasteiger partial charge in [0.05, 0.1) is 23.6 Å². The number of hydrogen-bond acceptors (Lipinski definition) is 12. The van der Waals surface area contributed by atoms with Crippen molar-refractivity contribution in [2.24, 2.45) is 5.73 Å². The molecule has 0 radical (unpaired) electrons. The minimum atomic E-state index is -3.66. The minimum absolute atomic E-state index is 0.0191. The Morgan fingerprint density at radius 1 is 0.930 bits per heavy atom. The fourth-order valence-electron chi connectivity index (χ4n) is 5.52. The summed E-state index contributed by atoms with van der Waals surface area (Å²) in [6.07, 6.45) is 4.00. The van der Waals surface area contributed by atoms with Crippen molar-refractivity contribution in [1.82, 2.24) is 19.9 Å². The molecule has 0 aliphatic carbocycles. The Balaban J connectivity index is 1.33. The van der Waals surface area contributed by atoms with E-state index in [1.165, 1.54) is 42.0 Å². The number of halogens is 1. The van der Waals surface area contributed by atoms with Gasteiger partial charge in [-0.1, -0.05) is 30.7 Å². The van der Waals surface area contributed by atoms with Gasteiger partial charge in [0.2, 0.25) is 18.6 Å². The van der Waals surface area contributed by atoms with E-state index >= 15 is 0 Å². The third-order valence-electron chi connectivity index (χ3n) is 8.71. The number of aromatic nitrogens is 3. The third kappa shape index (κ3) is 11.1. The molecule has 5 rings (SSSR count). The summed E-state index contributed by atoms with van der Waals surface area (Å²) in [5, 5.41) is 9.81. The maximum atomic E-state index is 13.6. The molecule has 57 heavy (non-hydrogen) atoms. The zero-order valence-electron chi connectivity index (χ0n) is 31.4. The lowest BCUT2D eigenvalue weighted by Gasteiger charge is -2.21. The van der Waals surface area contributed by atoms with Crippen molar-refractivity contribution in [3.05, 3.63) is 96.4 Å². The number of nitrogens with two attached hydrogens (primary N) is 1. The molecular weight excluding hydrogens is 762 g/mol. The number of sulfone groups is 1. The molecule has 0 fully saturated rings. The van der Waals surface area contributed by atoms with Gasteiger partial charge >= 0.3 is 12.1 Å².